The number of nitrogens with one attached hydrogen (secondary N) is 1. The lowest BCUT2D eigenvalue weighted by Gasteiger charge is -2.10. The molecule has 0 aliphatic rings. The predicted molar refractivity (Wildman–Crippen MR) is 79.7 cm³/mol. The highest BCUT2D eigenvalue weighted by atomic mass is 32.2. The average molecular weight is 283 g/mol. The normalized spacial score (nSPS) is 12.0. The minimum absolute atomic E-state index is 0.0845. The second-order valence-electron chi connectivity index (χ2n) is 5.23. The van der Waals surface area contributed by atoms with Crippen molar-refractivity contribution in [3.05, 3.63) is 29.8 Å². The molecule has 0 fully saturated rings. The second kappa shape index (κ2) is 7.65. The van der Waals surface area contributed by atoms with E-state index in [9.17, 15) is 8.42 Å². The number of hydrogen-bond acceptors (Lipinski definition) is 2. The Morgan fingerprint density at radius 2 is 1.68 bits per heavy atom. The van der Waals surface area contributed by atoms with E-state index >= 15 is 0 Å². The summed E-state index contributed by atoms with van der Waals surface area (Å²) in [4.78, 5) is 0.346. The fourth-order valence-corrected chi connectivity index (χ4v) is 3.22. The van der Waals surface area contributed by atoms with Crippen LogP contribution in [0.2, 0.25) is 0 Å². The van der Waals surface area contributed by atoms with Crippen LogP contribution < -0.4 is 4.72 Å². The van der Waals surface area contributed by atoms with Crippen molar-refractivity contribution in [2.45, 2.75) is 63.8 Å². The van der Waals surface area contributed by atoms with Crippen LogP contribution in [0.3, 0.4) is 0 Å². The van der Waals surface area contributed by atoms with Gasteiger partial charge in [-0.3, -0.25) is 0 Å². The molecule has 0 aromatic heterocycles. The van der Waals surface area contributed by atoms with Gasteiger partial charge in [-0.15, -0.1) is 0 Å². The van der Waals surface area contributed by atoms with E-state index in [1.807, 2.05) is 26.0 Å². The highest BCUT2D eigenvalue weighted by molar-refractivity contribution is 7.89. The third kappa shape index (κ3) is 5.74. The quantitative estimate of drug-likeness (QED) is 0.742. The number of benzene rings is 1. The number of unbranched alkanes of at least 4 members (excludes halogenated alkanes) is 3. The van der Waals surface area contributed by atoms with Gasteiger partial charge in [0.05, 0.1) is 4.90 Å². The van der Waals surface area contributed by atoms with Gasteiger partial charge in [-0.05, 0) is 44.4 Å². The molecule has 0 spiro atoms. The highest BCUT2D eigenvalue weighted by Gasteiger charge is 2.14. The largest absolute Gasteiger partial charge is 0.240 e. The molecule has 1 aromatic rings. The van der Waals surface area contributed by atoms with Crippen molar-refractivity contribution >= 4 is 10.0 Å². The molecular formula is C15H25NO2S. The Kier molecular flexibility index (Phi) is 6.52. The topological polar surface area (TPSA) is 46.2 Å². The Balaban J connectivity index is 2.61. The average Bonchev–Trinajstić information content (AvgIpc) is 2.34. The lowest BCUT2D eigenvalue weighted by molar-refractivity contribution is 0.570. The monoisotopic (exact) mass is 283 g/mol. The van der Waals surface area contributed by atoms with E-state index in [1.165, 1.54) is 31.2 Å². The smallest absolute Gasteiger partial charge is 0.209 e. The number of aryl methyl sites for hydroxylation is 1. The summed E-state index contributed by atoms with van der Waals surface area (Å²) in [6, 6.07) is 7.14. The van der Waals surface area contributed by atoms with Gasteiger partial charge in [0.1, 0.15) is 0 Å². The molecule has 108 valence electrons. The Morgan fingerprint density at radius 1 is 1.05 bits per heavy atom. The molecule has 0 saturated carbocycles. The molecule has 0 atom stereocenters. The maximum absolute atomic E-state index is 11.9. The minimum atomic E-state index is -3.36. The highest BCUT2D eigenvalue weighted by Crippen LogP contribution is 2.13. The van der Waals surface area contributed by atoms with Crippen LogP contribution in [0.5, 0.6) is 0 Å². The van der Waals surface area contributed by atoms with Crippen LogP contribution in [0.15, 0.2) is 29.2 Å². The van der Waals surface area contributed by atoms with E-state index in [-0.39, 0.29) is 6.04 Å². The summed E-state index contributed by atoms with van der Waals surface area (Å²) in [5.74, 6) is 0. The van der Waals surface area contributed by atoms with Crippen LogP contribution in [-0.2, 0) is 16.4 Å². The molecule has 0 aliphatic heterocycles. The maximum Gasteiger partial charge on any atom is 0.240 e. The van der Waals surface area contributed by atoms with Crippen molar-refractivity contribution in [2.24, 2.45) is 0 Å². The SMILES string of the molecule is CCCCCCc1ccc(S(=O)(=O)NC(C)C)cc1. The van der Waals surface area contributed by atoms with E-state index < -0.39 is 10.0 Å². The molecule has 0 heterocycles. The van der Waals surface area contributed by atoms with Crippen molar-refractivity contribution in [3.63, 3.8) is 0 Å². The Morgan fingerprint density at radius 3 is 2.21 bits per heavy atom. The fraction of sp³-hybridized carbons (Fsp3) is 0.600. The van der Waals surface area contributed by atoms with Crippen LogP contribution in [-0.4, -0.2) is 14.5 Å². The molecule has 0 amide bonds. The number of sulfonamides is 1. The van der Waals surface area contributed by atoms with Gasteiger partial charge in [0.15, 0.2) is 0 Å². The Labute approximate surface area is 117 Å². The molecule has 1 rings (SSSR count). The molecule has 1 N–H and O–H groups in total. The van der Waals surface area contributed by atoms with Gasteiger partial charge in [-0.25, -0.2) is 13.1 Å². The minimum Gasteiger partial charge on any atom is -0.209 e. The van der Waals surface area contributed by atoms with Gasteiger partial charge in [0, 0.05) is 6.04 Å². The second-order valence-corrected chi connectivity index (χ2v) is 6.94. The number of rotatable bonds is 8. The molecule has 19 heavy (non-hydrogen) atoms. The molecule has 0 bridgehead atoms. The number of hydrogen-bond donors (Lipinski definition) is 1. The first kappa shape index (κ1) is 16.2. The first-order chi connectivity index (χ1) is 8.95. The van der Waals surface area contributed by atoms with Gasteiger partial charge < -0.3 is 0 Å². The van der Waals surface area contributed by atoms with Gasteiger partial charge in [-0.2, -0.15) is 0 Å². The van der Waals surface area contributed by atoms with E-state index in [4.69, 9.17) is 0 Å². The molecule has 4 heteroatoms. The molecule has 0 unspecified atom stereocenters. The summed E-state index contributed by atoms with van der Waals surface area (Å²) in [5, 5.41) is 0. The van der Waals surface area contributed by atoms with Gasteiger partial charge in [0.2, 0.25) is 10.0 Å². The summed E-state index contributed by atoms with van der Waals surface area (Å²) in [6.45, 7) is 5.83. The lowest BCUT2D eigenvalue weighted by atomic mass is 10.1. The molecule has 1 aromatic carbocycles. The van der Waals surface area contributed by atoms with Crippen LogP contribution in [0.1, 0.15) is 52.0 Å². The third-order valence-electron chi connectivity index (χ3n) is 2.94. The summed E-state index contributed by atoms with van der Waals surface area (Å²) in [7, 11) is -3.36. The van der Waals surface area contributed by atoms with Crippen molar-refractivity contribution in [1.29, 1.82) is 0 Å². The zero-order chi connectivity index (χ0) is 14.3. The molecule has 0 saturated heterocycles. The van der Waals surface area contributed by atoms with Crippen LogP contribution in [0, 0.1) is 0 Å². The summed E-state index contributed by atoms with van der Waals surface area (Å²) in [5.41, 5.74) is 1.21. The standard InChI is InChI=1S/C15H25NO2S/c1-4-5-6-7-8-14-9-11-15(12-10-14)19(17,18)16-13(2)3/h9-13,16H,4-8H2,1-3H3. The van der Waals surface area contributed by atoms with E-state index in [1.54, 1.807) is 12.1 Å². The van der Waals surface area contributed by atoms with E-state index in [2.05, 4.69) is 11.6 Å². The van der Waals surface area contributed by atoms with Gasteiger partial charge >= 0.3 is 0 Å². The zero-order valence-corrected chi connectivity index (χ0v) is 13.0. The Bertz CT molecular complexity index is 463. The van der Waals surface area contributed by atoms with Crippen LogP contribution >= 0.6 is 0 Å². The van der Waals surface area contributed by atoms with Crippen molar-refractivity contribution in [2.75, 3.05) is 0 Å². The zero-order valence-electron chi connectivity index (χ0n) is 12.1. The third-order valence-corrected chi connectivity index (χ3v) is 4.62. The van der Waals surface area contributed by atoms with Crippen LogP contribution in [0.25, 0.3) is 0 Å². The summed E-state index contributed by atoms with van der Waals surface area (Å²) in [6.07, 6.45) is 5.94. The first-order valence-electron chi connectivity index (χ1n) is 7.07. The molecule has 0 aliphatic carbocycles. The van der Waals surface area contributed by atoms with E-state index in [0.717, 1.165) is 6.42 Å². The van der Waals surface area contributed by atoms with Gasteiger partial charge in [0.25, 0.3) is 0 Å². The lowest BCUT2D eigenvalue weighted by Crippen LogP contribution is -2.30. The summed E-state index contributed by atoms with van der Waals surface area (Å²) < 4.78 is 26.5. The van der Waals surface area contributed by atoms with Gasteiger partial charge in [-0.1, -0.05) is 38.3 Å². The fourth-order valence-electron chi connectivity index (χ4n) is 1.97. The molecule has 3 nitrogen and oxygen atoms in total. The van der Waals surface area contributed by atoms with Crippen LogP contribution in [0.4, 0.5) is 0 Å². The first-order valence-corrected chi connectivity index (χ1v) is 8.55. The van der Waals surface area contributed by atoms with E-state index in [0.29, 0.717) is 4.90 Å². The Hall–Kier alpha value is -0.870. The predicted octanol–water partition coefficient (Wildman–Crippen LogP) is 3.50. The maximum atomic E-state index is 11.9. The molecular weight excluding hydrogens is 258 g/mol. The van der Waals surface area contributed by atoms with Crippen molar-refractivity contribution < 1.29 is 8.42 Å². The van der Waals surface area contributed by atoms with Crippen molar-refractivity contribution in [1.82, 2.24) is 4.72 Å². The van der Waals surface area contributed by atoms with Crippen molar-refractivity contribution in [3.8, 4) is 0 Å². The summed E-state index contributed by atoms with van der Waals surface area (Å²) >= 11 is 0. The molecule has 0 radical (unpaired) electrons.